The molecule has 1 N–H and O–H groups in total. The van der Waals surface area contributed by atoms with Gasteiger partial charge in [0.25, 0.3) is 0 Å². The minimum Gasteiger partial charge on any atom is -0.481 e. The Balaban J connectivity index is 2.10. The molecule has 0 fully saturated rings. The van der Waals surface area contributed by atoms with E-state index in [0.29, 0.717) is 12.5 Å². The Hall–Kier alpha value is -1.51. The Morgan fingerprint density at radius 2 is 2.25 bits per heavy atom. The lowest BCUT2D eigenvalue weighted by Gasteiger charge is -2.24. The SMILES string of the molecule is CC(CC1Cc2ccccc2N1C)C(=O)O. The summed E-state index contributed by atoms with van der Waals surface area (Å²) >= 11 is 0. The van der Waals surface area contributed by atoms with E-state index in [9.17, 15) is 4.79 Å². The lowest BCUT2D eigenvalue weighted by molar-refractivity contribution is -0.141. The van der Waals surface area contributed by atoms with E-state index in [1.807, 2.05) is 19.2 Å². The molecule has 0 amide bonds. The predicted molar refractivity (Wildman–Crippen MR) is 63.8 cm³/mol. The first-order valence-electron chi connectivity index (χ1n) is 5.63. The van der Waals surface area contributed by atoms with Crippen molar-refractivity contribution in [3.05, 3.63) is 29.8 Å². The van der Waals surface area contributed by atoms with Gasteiger partial charge in [0.1, 0.15) is 0 Å². The molecule has 3 nitrogen and oxygen atoms in total. The number of benzene rings is 1. The van der Waals surface area contributed by atoms with Crippen LogP contribution < -0.4 is 4.90 Å². The third-order valence-corrected chi connectivity index (χ3v) is 3.42. The minimum atomic E-state index is -0.704. The number of rotatable bonds is 3. The fraction of sp³-hybridized carbons (Fsp3) is 0.462. The summed E-state index contributed by atoms with van der Waals surface area (Å²) in [7, 11) is 2.05. The number of carboxylic acid groups (broad SMARTS) is 1. The Labute approximate surface area is 95.7 Å². The van der Waals surface area contributed by atoms with Gasteiger partial charge in [0.2, 0.25) is 0 Å². The topological polar surface area (TPSA) is 40.5 Å². The first-order valence-corrected chi connectivity index (χ1v) is 5.63. The van der Waals surface area contributed by atoms with Gasteiger partial charge in [-0.3, -0.25) is 4.79 Å². The summed E-state index contributed by atoms with van der Waals surface area (Å²) in [6.45, 7) is 1.78. The molecular weight excluding hydrogens is 202 g/mol. The number of nitrogens with zero attached hydrogens (tertiary/aromatic N) is 1. The average molecular weight is 219 g/mol. The van der Waals surface area contributed by atoms with E-state index in [4.69, 9.17) is 5.11 Å². The maximum atomic E-state index is 10.8. The molecule has 0 saturated carbocycles. The van der Waals surface area contributed by atoms with Gasteiger partial charge in [-0.1, -0.05) is 25.1 Å². The molecule has 2 atom stereocenters. The average Bonchev–Trinajstić information content (AvgIpc) is 2.56. The van der Waals surface area contributed by atoms with E-state index in [1.165, 1.54) is 11.3 Å². The maximum absolute atomic E-state index is 10.8. The van der Waals surface area contributed by atoms with Crippen LogP contribution in [0, 0.1) is 5.92 Å². The second-order valence-electron chi connectivity index (χ2n) is 4.57. The molecule has 1 aromatic carbocycles. The van der Waals surface area contributed by atoms with Crippen LogP contribution in [0.3, 0.4) is 0 Å². The van der Waals surface area contributed by atoms with Crippen molar-refractivity contribution in [3.8, 4) is 0 Å². The quantitative estimate of drug-likeness (QED) is 0.846. The molecule has 0 bridgehead atoms. The molecule has 1 aromatic rings. The van der Waals surface area contributed by atoms with Crippen molar-refractivity contribution in [3.63, 3.8) is 0 Å². The van der Waals surface area contributed by atoms with Crippen LogP contribution in [-0.2, 0) is 11.2 Å². The summed E-state index contributed by atoms with van der Waals surface area (Å²) in [6.07, 6.45) is 1.67. The number of carbonyl (C=O) groups is 1. The molecule has 1 aliphatic heterocycles. The standard InChI is InChI=1S/C13H17NO2/c1-9(13(15)16)7-11-8-10-5-3-4-6-12(10)14(11)2/h3-6,9,11H,7-8H2,1-2H3,(H,15,16). The van der Waals surface area contributed by atoms with E-state index in [1.54, 1.807) is 6.92 Å². The molecule has 0 radical (unpaired) electrons. The largest absolute Gasteiger partial charge is 0.481 e. The van der Waals surface area contributed by atoms with Gasteiger partial charge in [0, 0.05) is 18.8 Å². The predicted octanol–water partition coefficient (Wildman–Crippen LogP) is 2.16. The van der Waals surface area contributed by atoms with Crippen molar-refractivity contribution in [2.45, 2.75) is 25.8 Å². The lowest BCUT2D eigenvalue weighted by atomic mass is 9.99. The maximum Gasteiger partial charge on any atom is 0.306 e. The van der Waals surface area contributed by atoms with Gasteiger partial charge in [-0.05, 0) is 24.5 Å². The molecule has 0 aromatic heterocycles. The van der Waals surface area contributed by atoms with E-state index in [2.05, 4.69) is 17.0 Å². The second-order valence-corrected chi connectivity index (χ2v) is 4.57. The number of hydrogen-bond acceptors (Lipinski definition) is 2. The van der Waals surface area contributed by atoms with Crippen molar-refractivity contribution >= 4 is 11.7 Å². The first kappa shape index (κ1) is 11.0. The van der Waals surface area contributed by atoms with E-state index < -0.39 is 5.97 Å². The molecule has 16 heavy (non-hydrogen) atoms. The van der Waals surface area contributed by atoms with Crippen LogP contribution >= 0.6 is 0 Å². The molecule has 1 heterocycles. The van der Waals surface area contributed by atoms with Gasteiger partial charge in [0.05, 0.1) is 5.92 Å². The van der Waals surface area contributed by atoms with Gasteiger partial charge in [-0.25, -0.2) is 0 Å². The fourth-order valence-electron chi connectivity index (χ4n) is 2.37. The number of anilines is 1. The molecular formula is C13H17NO2. The van der Waals surface area contributed by atoms with E-state index >= 15 is 0 Å². The Kier molecular flexibility index (Phi) is 2.86. The van der Waals surface area contributed by atoms with Crippen LogP contribution in [0.4, 0.5) is 5.69 Å². The highest BCUT2D eigenvalue weighted by Gasteiger charge is 2.28. The molecule has 0 aliphatic carbocycles. The minimum absolute atomic E-state index is 0.276. The smallest absolute Gasteiger partial charge is 0.306 e. The molecule has 2 rings (SSSR count). The fourth-order valence-corrected chi connectivity index (χ4v) is 2.37. The molecule has 3 heteroatoms. The van der Waals surface area contributed by atoms with Crippen LogP contribution in [-0.4, -0.2) is 24.2 Å². The van der Waals surface area contributed by atoms with Gasteiger partial charge < -0.3 is 10.0 Å². The summed E-state index contributed by atoms with van der Waals surface area (Å²) < 4.78 is 0. The first-order chi connectivity index (χ1) is 7.59. The number of hydrogen-bond donors (Lipinski definition) is 1. The van der Waals surface area contributed by atoms with Crippen LogP contribution in [0.15, 0.2) is 24.3 Å². The molecule has 2 unspecified atom stereocenters. The van der Waals surface area contributed by atoms with Crippen LogP contribution in [0.2, 0.25) is 0 Å². The summed E-state index contributed by atoms with van der Waals surface area (Å²) in [6, 6.07) is 8.61. The van der Waals surface area contributed by atoms with Crippen molar-refractivity contribution < 1.29 is 9.90 Å². The van der Waals surface area contributed by atoms with Gasteiger partial charge in [0.15, 0.2) is 0 Å². The Morgan fingerprint density at radius 1 is 1.56 bits per heavy atom. The summed E-state index contributed by atoms with van der Waals surface area (Å²) in [4.78, 5) is 13.1. The Bertz CT molecular complexity index is 403. The second kappa shape index (κ2) is 4.16. The van der Waals surface area contributed by atoms with Crippen LogP contribution in [0.1, 0.15) is 18.9 Å². The number of likely N-dealkylation sites (N-methyl/N-ethyl adjacent to an activating group) is 1. The van der Waals surface area contributed by atoms with E-state index in [-0.39, 0.29) is 5.92 Å². The highest BCUT2D eigenvalue weighted by Crippen LogP contribution is 2.32. The van der Waals surface area contributed by atoms with Crippen molar-refractivity contribution in [1.82, 2.24) is 0 Å². The zero-order valence-corrected chi connectivity index (χ0v) is 9.68. The van der Waals surface area contributed by atoms with Crippen LogP contribution in [0.5, 0.6) is 0 Å². The van der Waals surface area contributed by atoms with Crippen molar-refractivity contribution in [2.75, 3.05) is 11.9 Å². The Morgan fingerprint density at radius 3 is 2.88 bits per heavy atom. The number of aliphatic carboxylic acids is 1. The monoisotopic (exact) mass is 219 g/mol. The third kappa shape index (κ3) is 1.90. The summed E-state index contributed by atoms with van der Waals surface area (Å²) in [5.74, 6) is -0.980. The number of carboxylic acids is 1. The number of fused-ring (bicyclic) bond motifs is 1. The molecule has 1 aliphatic rings. The van der Waals surface area contributed by atoms with E-state index in [0.717, 1.165) is 6.42 Å². The highest BCUT2D eigenvalue weighted by molar-refractivity contribution is 5.70. The van der Waals surface area contributed by atoms with Crippen molar-refractivity contribution in [2.24, 2.45) is 5.92 Å². The zero-order valence-electron chi connectivity index (χ0n) is 9.68. The normalized spacial score (nSPS) is 20.6. The zero-order chi connectivity index (χ0) is 11.7. The molecule has 0 spiro atoms. The summed E-state index contributed by atoms with van der Waals surface area (Å²) in [5.41, 5.74) is 2.57. The van der Waals surface area contributed by atoms with Crippen LogP contribution in [0.25, 0.3) is 0 Å². The number of para-hydroxylation sites is 1. The van der Waals surface area contributed by atoms with Gasteiger partial charge in [-0.15, -0.1) is 0 Å². The summed E-state index contributed by atoms with van der Waals surface area (Å²) in [5, 5.41) is 8.93. The van der Waals surface area contributed by atoms with Crippen molar-refractivity contribution in [1.29, 1.82) is 0 Å². The highest BCUT2D eigenvalue weighted by atomic mass is 16.4. The third-order valence-electron chi connectivity index (χ3n) is 3.42. The molecule has 0 saturated heterocycles. The molecule has 86 valence electrons. The van der Waals surface area contributed by atoms with Gasteiger partial charge >= 0.3 is 5.97 Å². The lowest BCUT2D eigenvalue weighted by Crippen LogP contribution is -2.31. The van der Waals surface area contributed by atoms with Gasteiger partial charge in [-0.2, -0.15) is 0 Å².